The molecule has 0 saturated carbocycles. The lowest BCUT2D eigenvalue weighted by atomic mass is 10.1. The van der Waals surface area contributed by atoms with Crippen molar-refractivity contribution in [2.75, 3.05) is 0 Å². The molecule has 0 atom stereocenters. The van der Waals surface area contributed by atoms with Gasteiger partial charge in [-0.15, -0.1) is 5.11 Å². The lowest BCUT2D eigenvalue weighted by Gasteiger charge is -2.16. The molecule has 0 aliphatic heterocycles. The SMILES string of the molecule is O=S(=O)([O-])c1cc(S(=O)(=O)O)c2c(N=Nc3cccc4ccccc34)c([O-])ccc2c1. The van der Waals surface area contributed by atoms with Gasteiger partial charge in [0, 0.05) is 10.8 Å². The summed E-state index contributed by atoms with van der Waals surface area (Å²) < 4.78 is 67.7. The molecule has 0 aliphatic carbocycles. The largest absolute Gasteiger partial charge is 0.871 e. The zero-order chi connectivity index (χ0) is 22.4. The Hall–Kier alpha value is -3.38. The number of benzene rings is 4. The van der Waals surface area contributed by atoms with Crippen LogP contribution in [-0.4, -0.2) is 25.9 Å². The molecule has 31 heavy (non-hydrogen) atoms. The summed E-state index contributed by atoms with van der Waals surface area (Å²) in [5, 5.41) is 21.6. The van der Waals surface area contributed by atoms with Gasteiger partial charge in [0.05, 0.1) is 16.3 Å². The summed E-state index contributed by atoms with van der Waals surface area (Å²) in [7, 11) is -10.1. The normalized spacial score (nSPS) is 12.7. The smallest absolute Gasteiger partial charge is 0.295 e. The van der Waals surface area contributed by atoms with Crippen LogP contribution >= 0.6 is 0 Å². The van der Waals surface area contributed by atoms with Crippen molar-refractivity contribution in [2.45, 2.75) is 9.79 Å². The first kappa shape index (κ1) is 20.9. The molecule has 0 aromatic heterocycles. The Bertz CT molecular complexity index is 1590. The Morgan fingerprint density at radius 3 is 2.23 bits per heavy atom. The van der Waals surface area contributed by atoms with Gasteiger partial charge in [-0.2, -0.15) is 13.5 Å². The van der Waals surface area contributed by atoms with Gasteiger partial charge in [-0.05, 0) is 29.0 Å². The Balaban J connectivity index is 2.02. The maximum absolute atomic E-state index is 12.5. The van der Waals surface area contributed by atoms with Crippen molar-refractivity contribution in [3.05, 3.63) is 66.7 Å². The second-order valence-electron chi connectivity index (χ2n) is 6.56. The van der Waals surface area contributed by atoms with Crippen molar-refractivity contribution in [3.63, 3.8) is 0 Å². The van der Waals surface area contributed by atoms with Gasteiger partial charge in [0.2, 0.25) is 0 Å². The molecule has 11 heteroatoms. The van der Waals surface area contributed by atoms with Gasteiger partial charge < -0.3 is 9.66 Å². The highest BCUT2D eigenvalue weighted by molar-refractivity contribution is 7.86. The predicted octanol–water partition coefficient (Wildman–Crippen LogP) is 3.63. The Labute approximate surface area is 176 Å². The Morgan fingerprint density at radius 2 is 1.52 bits per heavy atom. The monoisotopic (exact) mass is 456 g/mol. The fourth-order valence-electron chi connectivity index (χ4n) is 3.21. The van der Waals surface area contributed by atoms with Crippen LogP contribution in [-0.2, 0) is 20.2 Å². The summed E-state index contributed by atoms with van der Waals surface area (Å²) >= 11 is 0. The molecule has 0 aliphatic rings. The van der Waals surface area contributed by atoms with Crippen LogP contribution in [0.4, 0.5) is 11.4 Å². The maximum atomic E-state index is 12.5. The number of hydrogen-bond acceptors (Lipinski definition) is 8. The highest BCUT2D eigenvalue weighted by Gasteiger charge is 2.20. The van der Waals surface area contributed by atoms with E-state index in [2.05, 4.69) is 10.2 Å². The molecule has 158 valence electrons. The summed E-state index contributed by atoms with van der Waals surface area (Å²) in [4.78, 5) is -1.80. The van der Waals surface area contributed by atoms with Crippen molar-refractivity contribution in [1.82, 2.24) is 0 Å². The van der Waals surface area contributed by atoms with E-state index < -0.39 is 41.5 Å². The van der Waals surface area contributed by atoms with Gasteiger partial charge in [-0.1, -0.05) is 54.3 Å². The Morgan fingerprint density at radius 1 is 0.806 bits per heavy atom. The summed E-state index contributed by atoms with van der Waals surface area (Å²) in [6.07, 6.45) is 0. The summed E-state index contributed by atoms with van der Waals surface area (Å²) in [5.74, 6) is -0.709. The first-order valence-electron chi connectivity index (χ1n) is 8.66. The zero-order valence-corrected chi connectivity index (χ0v) is 17.1. The summed E-state index contributed by atoms with van der Waals surface area (Å²) in [6, 6.07) is 16.1. The topological polar surface area (TPSA) is 159 Å². The first-order chi connectivity index (χ1) is 14.6. The fraction of sp³-hybridized carbons (Fsp3) is 0. The van der Waals surface area contributed by atoms with E-state index in [1.54, 1.807) is 24.3 Å². The average molecular weight is 456 g/mol. The quantitative estimate of drug-likeness (QED) is 0.362. The molecular weight excluding hydrogens is 444 g/mol. The van der Waals surface area contributed by atoms with Crippen molar-refractivity contribution in [3.8, 4) is 5.75 Å². The van der Waals surface area contributed by atoms with E-state index in [-0.39, 0.29) is 10.8 Å². The number of nitrogens with zero attached hydrogens (tertiary/aromatic N) is 2. The summed E-state index contributed by atoms with van der Waals surface area (Å²) in [6.45, 7) is 0. The van der Waals surface area contributed by atoms with Gasteiger partial charge >= 0.3 is 0 Å². The highest BCUT2D eigenvalue weighted by atomic mass is 32.2. The zero-order valence-electron chi connectivity index (χ0n) is 15.5. The fourth-order valence-corrected chi connectivity index (χ4v) is 4.57. The second-order valence-corrected chi connectivity index (χ2v) is 9.33. The minimum absolute atomic E-state index is 0.0870. The predicted molar refractivity (Wildman–Crippen MR) is 109 cm³/mol. The van der Waals surface area contributed by atoms with Crippen LogP contribution in [0.2, 0.25) is 0 Å². The minimum atomic E-state index is -5.04. The standard InChI is InChI=1S/C20H14N2O7S2/c23-17-9-8-13-10-14(30(24,25)26)11-18(31(27,28)29)19(13)20(17)22-21-16-7-3-5-12-4-1-2-6-15(12)16/h1-11,23H,(H,24,25,26)(H,27,28,29)/p-2. The van der Waals surface area contributed by atoms with Gasteiger partial charge in [-0.3, -0.25) is 4.55 Å². The lowest BCUT2D eigenvalue weighted by Crippen LogP contribution is -2.05. The third-order valence-corrected chi connectivity index (χ3v) is 6.27. The van der Waals surface area contributed by atoms with E-state index in [1.165, 1.54) is 0 Å². The van der Waals surface area contributed by atoms with Crippen molar-refractivity contribution in [1.29, 1.82) is 0 Å². The highest BCUT2D eigenvalue weighted by Crippen LogP contribution is 2.40. The third kappa shape index (κ3) is 3.99. The van der Waals surface area contributed by atoms with Crippen LogP contribution in [0.1, 0.15) is 0 Å². The number of rotatable bonds is 4. The van der Waals surface area contributed by atoms with Crippen LogP contribution in [0.3, 0.4) is 0 Å². The second kappa shape index (κ2) is 7.39. The minimum Gasteiger partial charge on any atom is -0.871 e. The molecule has 0 unspecified atom stereocenters. The molecule has 0 spiro atoms. The van der Waals surface area contributed by atoms with Crippen LogP contribution in [0, 0.1) is 0 Å². The van der Waals surface area contributed by atoms with Crippen molar-refractivity contribution < 1.29 is 31.0 Å². The number of hydrogen-bond donors (Lipinski definition) is 1. The van der Waals surface area contributed by atoms with E-state index >= 15 is 0 Å². The average Bonchev–Trinajstić information content (AvgIpc) is 2.71. The van der Waals surface area contributed by atoms with E-state index in [0.717, 1.165) is 29.0 Å². The van der Waals surface area contributed by atoms with Crippen LogP contribution < -0.4 is 5.11 Å². The van der Waals surface area contributed by atoms with Gasteiger partial charge in [0.15, 0.2) is 0 Å². The molecule has 4 rings (SSSR count). The Kier molecular flexibility index (Phi) is 4.98. The van der Waals surface area contributed by atoms with Crippen molar-refractivity contribution in [2.24, 2.45) is 10.2 Å². The molecule has 9 nitrogen and oxygen atoms in total. The molecule has 0 amide bonds. The van der Waals surface area contributed by atoms with Gasteiger partial charge in [0.1, 0.15) is 15.0 Å². The third-order valence-electron chi connectivity index (χ3n) is 4.58. The molecule has 0 radical (unpaired) electrons. The van der Waals surface area contributed by atoms with E-state index in [1.807, 2.05) is 18.2 Å². The number of azo groups is 1. The van der Waals surface area contributed by atoms with Crippen LogP contribution in [0.5, 0.6) is 5.75 Å². The molecular formula is C20H12N2O7S2-2. The van der Waals surface area contributed by atoms with E-state index in [0.29, 0.717) is 11.8 Å². The maximum Gasteiger partial charge on any atom is 0.295 e. The summed E-state index contributed by atoms with van der Waals surface area (Å²) in [5.41, 5.74) is -0.0189. The van der Waals surface area contributed by atoms with Crippen LogP contribution in [0.15, 0.2) is 86.7 Å². The molecule has 4 aromatic carbocycles. The van der Waals surface area contributed by atoms with E-state index in [9.17, 15) is 31.0 Å². The number of fused-ring (bicyclic) bond motifs is 2. The molecule has 1 N–H and O–H groups in total. The molecule has 0 bridgehead atoms. The van der Waals surface area contributed by atoms with Crippen molar-refractivity contribution >= 4 is 53.2 Å². The van der Waals surface area contributed by atoms with Gasteiger partial charge in [0.25, 0.3) is 10.1 Å². The van der Waals surface area contributed by atoms with E-state index in [4.69, 9.17) is 0 Å². The van der Waals surface area contributed by atoms with Crippen LogP contribution in [0.25, 0.3) is 21.5 Å². The van der Waals surface area contributed by atoms with Gasteiger partial charge in [-0.25, -0.2) is 8.42 Å². The first-order valence-corrected chi connectivity index (χ1v) is 11.5. The molecule has 0 heterocycles. The molecule has 4 aromatic rings. The molecule has 0 saturated heterocycles. The molecule has 0 fully saturated rings. The lowest BCUT2D eigenvalue weighted by molar-refractivity contribution is -0.267.